The molecule has 2 heterocycles. The average molecular weight is 475 g/mol. The minimum atomic E-state index is -0.708. The Kier molecular flexibility index (Phi) is 6.88. The van der Waals surface area contributed by atoms with Gasteiger partial charge in [-0.05, 0) is 30.3 Å². The number of piperazine rings is 1. The summed E-state index contributed by atoms with van der Waals surface area (Å²) in [5.74, 6) is 0.567. The fourth-order valence-corrected chi connectivity index (χ4v) is 3.85. The molecule has 2 aromatic rings. The molecule has 0 spiro atoms. The maximum Gasteiger partial charge on any atom is 0.337 e. The highest BCUT2D eigenvalue weighted by molar-refractivity contribution is 6.32. The molecule has 2 aromatic carbocycles. The van der Waals surface area contributed by atoms with Crippen LogP contribution in [0.15, 0.2) is 42.5 Å². The Hall–Kier alpha value is -3.46. The number of ether oxygens (including phenoxy) is 4. The number of hydrogen-bond acceptors (Lipinski definition) is 7. The van der Waals surface area contributed by atoms with E-state index in [9.17, 15) is 14.4 Å². The predicted octanol–water partition coefficient (Wildman–Crippen LogP) is 2.02. The molecular formula is C23H23ClN2O7. The van der Waals surface area contributed by atoms with Crippen LogP contribution in [0.2, 0.25) is 5.02 Å². The molecule has 0 saturated carbocycles. The van der Waals surface area contributed by atoms with Gasteiger partial charge in [0.2, 0.25) is 6.10 Å². The van der Waals surface area contributed by atoms with Crippen LogP contribution in [0, 0.1) is 0 Å². The third-order valence-electron chi connectivity index (χ3n) is 5.43. The maximum atomic E-state index is 12.8. The first-order chi connectivity index (χ1) is 16.0. The van der Waals surface area contributed by atoms with Gasteiger partial charge in [0, 0.05) is 26.2 Å². The highest BCUT2D eigenvalue weighted by atomic mass is 35.5. The molecule has 1 atom stereocenters. The Balaban J connectivity index is 1.25. The lowest BCUT2D eigenvalue weighted by Gasteiger charge is -2.37. The van der Waals surface area contributed by atoms with Crippen molar-refractivity contribution in [2.24, 2.45) is 0 Å². The summed E-state index contributed by atoms with van der Waals surface area (Å²) < 4.78 is 21.6. The van der Waals surface area contributed by atoms with Crippen molar-refractivity contribution in [2.75, 3.05) is 46.5 Å². The van der Waals surface area contributed by atoms with E-state index in [4.69, 9.17) is 25.8 Å². The van der Waals surface area contributed by atoms with Gasteiger partial charge >= 0.3 is 5.97 Å². The van der Waals surface area contributed by atoms with Crippen LogP contribution in [0.1, 0.15) is 10.4 Å². The quantitative estimate of drug-likeness (QED) is 0.612. The minimum Gasteiger partial charge on any atom is -0.485 e. The zero-order chi connectivity index (χ0) is 23.4. The van der Waals surface area contributed by atoms with E-state index in [-0.39, 0.29) is 35.6 Å². The second kappa shape index (κ2) is 9.99. The number of carbonyl (C=O) groups is 3. The first-order valence-electron chi connectivity index (χ1n) is 10.4. The van der Waals surface area contributed by atoms with Gasteiger partial charge in [-0.25, -0.2) is 4.79 Å². The zero-order valence-corrected chi connectivity index (χ0v) is 18.7. The lowest BCUT2D eigenvalue weighted by atomic mass is 10.2. The molecule has 0 aliphatic carbocycles. The van der Waals surface area contributed by atoms with Crippen LogP contribution in [0.3, 0.4) is 0 Å². The lowest BCUT2D eigenvalue weighted by Crippen LogP contribution is -2.55. The molecular weight excluding hydrogens is 452 g/mol. The van der Waals surface area contributed by atoms with Crippen molar-refractivity contribution in [1.82, 2.24) is 9.80 Å². The normalized spacial score (nSPS) is 17.3. The predicted molar refractivity (Wildman–Crippen MR) is 118 cm³/mol. The minimum absolute atomic E-state index is 0.151. The highest BCUT2D eigenvalue weighted by Crippen LogP contribution is 2.31. The van der Waals surface area contributed by atoms with Crippen molar-refractivity contribution in [3.63, 3.8) is 0 Å². The number of carbonyl (C=O) groups excluding carboxylic acids is 3. The van der Waals surface area contributed by atoms with Crippen molar-refractivity contribution in [3.8, 4) is 17.2 Å². The number of rotatable bonds is 5. The molecule has 0 radical (unpaired) electrons. The molecule has 9 nitrogen and oxygen atoms in total. The SMILES string of the molecule is COC(=O)c1ccc(OCC(=O)N2CCN(C(=O)C3COc4ccccc4O3)CC2)c(Cl)c1. The summed E-state index contributed by atoms with van der Waals surface area (Å²) in [6.07, 6.45) is -0.708. The number of para-hydroxylation sites is 2. The van der Waals surface area contributed by atoms with Crippen LogP contribution in [0.25, 0.3) is 0 Å². The number of benzene rings is 2. The Labute approximate surface area is 195 Å². The van der Waals surface area contributed by atoms with Crippen LogP contribution in [-0.2, 0) is 14.3 Å². The number of halogens is 1. The molecule has 0 bridgehead atoms. The molecule has 2 aliphatic rings. The third kappa shape index (κ3) is 5.14. The largest absolute Gasteiger partial charge is 0.485 e. The topological polar surface area (TPSA) is 94.6 Å². The van der Waals surface area contributed by atoms with E-state index in [1.807, 2.05) is 12.1 Å². The number of fused-ring (bicyclic) bond motifs is 1. The Morgan fingerprint density at radius 3 is 2.42 bits per heavy atom. The van der Waals surface area contributed by atoms with E-state index in [1.54, 1.807) is 21.9 Å². The Morgan fingerprint density at radius 1 is 1.03 bits per heavy atom. The zero-order valence-electron chi connectivity index (χ0n) is 18.0. The van der Waals surface area contributed by atoms with Gasteiger partial charge in [0.1, 0.15) is 12.4 Å². The number of hydrogen-bond donors (Lipinski definition) is 0. The average Bonchev–Trinajstić information content (AvgIpc) is 2.86. The second-order valence-electron chi connectivity index (χ2n) is 7.50. The number of nitrogens with zero attached hydrogens (tertiary/aromatic N) is 2. The molecule has 33 heavy (non-hydrogen) atoms. The molecule has 2 amide bonds. The van der Waals surface area contributed by atoms with Gasteiger partial charge in [0.15, 0.2) is 18.1 Å². The molecule has 1 fully saturated rings. The van der Waals surface area contributed by atoms with E-state index in [1.165, 1.54) is 25.3 Å². The summed E-state index contributed by atoms with van der Waals surface area (Å²) in [5.41, 5.74) is 0.290. The van der Waals surface area contributed by atoms with E-state index in [0.717, 1.165) is 0 Å². The van der Waals surface area contributed by atoms with Crippen LogP contribution in [0.5, 0.6) is 17.2 Å². The standard InChI is InChI=1S/C23H23ClN2O7/c1-30-23(29)15-6-7-17(16(24)12-15)32-14-21(27)25-8-10-26(11-9-25)22(28)20-13-31-18-4-2-3-5-19(18)33-20/h2-7,12,20H,8-11,13-14H2,1H3. The molecule has 0 N–H and O–H groups in total. The van der Waals surface area contributed by atoms with Gasteiger partial charge in [-0.1, -0.05) is 23.7 Å². The second-order valence-corrected chi connectivity index (χ2v) is 7.90. The van der Waals surface area contributed by atoms with Crippen molar-refractivity contribution in [2.45, 2.75) is 6.10 Å². The fourth-order valence-electron chi connectivity index (χ4n) is 3.61. The molecule has 10 heteroatoms. The van der Waals surface area contributed by atoms with E-state index >= 15 is 0 Å². The highest BCUT2D eigenvalue weighted by Gasteiger charge is 2.33. The molecule has 0 aromatic heterocycles. The van der Waals surface area contributed by atoms with Crippen molar-refractivity contribution in [1.29, 1.82) is 0 Å². The van der Waals surface area contributed by atoms with Crippen LogP contribution in [0.4, 0.5) is 0 Å². The fraction of sp³-hybridized carbons (Fsp3) is 0.348. The number of methoxy groups -OCH3 is 1. The van der Waals surface area contributed by atoms with E-state index in [2.05, 4.69) is 4.74 Å². The van der Waals surface area contributed by atoms with E-state index < -0.39 is 12.1 Å². The molecule has 4 rings (SSSR count). The summed E-state index contributed by atoms with van der Waals surface area (Å²) in [5, 5.41) is 0.206. The van der Waals surface area contributed by atoms with Crippen molar-refractivity contribution >= 4 is 29.4 Å². The third-order valence-corrected chi connectivity index (χ3v) is 5.73. The first kappa shape index (κ1) is 22.7. The smallest absolute Gasteiger partial charge is 0.337 e. The van der Waals surface area contributed by atoms with Gasteiger partial charge in [0.05, 0.1) is 17.7 Å². The van der Waals surface area contributed by atoms with Gasteiger partial charge < -0.3 is 28.7 Å². The van der Waals surface area contributed by atoms with Crippen LogP contribution >= 0.6 is 11.6 Å². The summed E-state index contributed by atoms with van der Waals surface area (Å²) in [4.78, 5) is 40.2. The summed E-state index contributed by atoms with van der Waals surface area (Å²) >= 11 is 6.14. The van der Waals surface area contributed by atoms with Gasteiger partial charge in [-0.3, -0.25) is 9.59 Å². The monoisotopic (exact) mass is 474 g/mol. The van der Waals surface area contributed by atoms with Crippen molar-refractivity contribution in [3.05, 3.63) is 53.1 Å². The van der Waals surface area contributed by atoms with Gasteiger partial charge in [-0.15, -0.1) is 0 Å². The Bertz CT molecular complexity index is 1050. The maximum absolute atomic E-state index is 12.8. The summed E-state index contributed by atoms with van der Waals surface area (Å²) in [6.45, 7) is 1.49. The van der Waals surface area contributed by atoms with Gasteiger partial charge in [-0.2, -0.15) is 0 Å². The Morgan fingerprint density at radius 2 is 1.73 bits per heavy atom. The molecule has 1 saturated heterocycles. The first-order valence-corrected chi connectivity index (χ1v) is 10.8. The lowest BCUT2D eigenvalue weighted by molar-refractivity contribution is -0.146. The van der Waals surface area contributed by atoms with Crippen LogP contribution in [-0.4, -0.2) is 80.2 Å². The molecule has 2 aliphatic heterocycles. The molecule has 1 unspecified atom stereocenters. The summed E-state index contributed by atoms with van der Waals surface area (Å²) in [6, 6.07) is 11.7. The van der Waals surface area contributed by atoms with E-state index in [0.29, 0.717) is 43.4 Å². The van der Waals surface area contributed by atoms with Crippen molar-refractivity contribution < 1.29 is 33.3 Å². The number of esters is 1. The van der Waals surface area contributed by atoms with Crippen LogP contribution < -0.4 is 14.2 Å². The summed E-state index contributed by atoms with van der Waals surface area (Å²) in [7, 11) is 1.28. The van der Waals surface area contributed by atoms with Gasteiger partial charge in [0.25, 0.3) is 11.8 Å². The molecule has 174 valence electrons. The number of amides is 2.